The minimum absolute atomic E-state index is 1.40. The molecule has 0 radical (unpaired) electrons. The second kappa shape index (κ2) is 1.98. The van der Waals surface area contributed by atoms with Gasteiger partial charge in [0.25, 0.3) is 0 Å². The van der Waals surface area contributed by atoms with Gasteiger partial charge in [0.2, 0.25) is 0 Å². The Morgan fingerprint density at radius 1 is 0.929 bits per heavy atom. The number of hydrogen-bond donors (Lipinski definition) is 0. The fraction of sp³-hybridized carbons (Fsp3) is 1.00. The van der Waals surface area contributed by atoms with Crippen molar-refractivity contribution in [2.75, 3.05) is 0 Å². The molecule has 1 spiro atoms. The molecule has 10 nitrogen and oxygen atoms in total. The van der Waals surface area contributed by atoms with Crippen molar-refractivity contribution in [1.29, 1.82) is 0 Å². The van der Waals surface area contributed by atoms with Crippen LogP contribution in [0.3, 0.4) is 0 Å². The third-order valence-corrected chi connectivity index (χ3v) is 8.36. The van der Waals surface area contributed by atoms with Gasteiger partial charge >= 0.3 is 76.8 Å². The maximum atomic E-state index is 10.7. The van der Waals surface area contributed by atoms with Crippen molar-refractivity contribution in [2.24, 2.45) is 0 Å². The second-order valence-electron chi connectivity index (χ2n) is 2.49. The van der Waals surface area contributed by atoms with Crippen LogP contribution in [0.2, 0.25) is 0 Å². The summed E-state index contributed by atoms with van der Waals surface area (Å²) in [5, 5.41) is 0. The van der Waals surface area contributed by atoms with E-state index in [0.717, 1.165) is 0 Å². The monoisotopic (exact) mass is 268 g/mol. The SMILES string of the molecule is O=S1(=O)OOC2OP23(O1)OS(=O)(=O)O3. The Labute approximate surface area is 77.4 Å². The fourth-order valence-electron chi connectivity index (χ4n) is 0.999. The topological polar surface area (TPSA) is 127 Å². The van der Waals surface area contributed by atoms with Gasteiger partial charge in [-0.3, -0.25) is 0 Å². The summed E-state index contributed by atoms with van der Waals surface area (Å²) in [7, 11) is -13.3. The van der Waals surface area contributed by atoms with E-state index in [4.69, 9.17) is 0 Å². The Morgan fingerprint density at radius 2 is 1.50 bits per heavy atom. The Bertz CT molecular complexity index is 500. The van der Waals surface area contributed by atoms with Gasteiger partial charge in [-0.1, -0.05) is 0 Å². The summed E-state index contributed by atoms with van der Waals surface area (Å²) in [4.78, 5) is 4.12. The summed E-state index contributed by atoms with van der Waals surface area (Å²) < 4.78 is 63.4. The van der Waals surface area contributed by atoms with Crippen LogP contribution in [0.5, 0.6) is 0 Å². The third-order valence-electron chi connectivity index (χ3n) is 1.46. The Balaban J connectivity index is 2.02. The molecule has 0 aromatic carbocycles. The average Bonchev–Trinajstić information content (AvgIpc) is 2.51. The Kier molecular flexibility index (Phi) is 1.32. The molecule has 1 unspecified atom stereocenters. The van der Waals surface area contributed by atoms with Gasteiger partial charge in [-0.2, -0.15) is 0 Å². The maximum absolute atomic E-state index is 10.7. The molecule has 0 aromatic rings. The van der Waals surface area contributed by atoms with Crippen molar-refractivity contribution in [3.05, 3.63) is 0 Å². The van der Waals surface area contributed by atoms with Gasteiger partial charge in [0, 0.05) is 0 Å². The van der Waals surface area contributed by atoms with Gasteiger partial charge in [-0.15, -0.1) is 0 Å². The third kappa shape index (κ3) is 0.973. The van der Waals surface area contributed by atoms with Gasteiger partial charge in [-0.05, 0) is 0 Å². The molecule has 3 aliphatic heterocycles. The van der Waals surface area contributed by atoms with Gasteiger partial charge in [0.05, 0.1) is 0 Å². The van der Waals surface area contributed by atoms with Gasteiger partial charge in [0.15, 0.2) is 0 Å². The van der Waals surface area contributed by atoms with E-state index < -0.39 is 34.3 Å². The van der Waals surface area contributed by atoms with Crippen LogP contribution < -0.4 is 0 Å². The molecule has 3 aliphatic rings. The molecule has 0 aromatic heterocycles. The zero-order valence-electron chi connectivity index (χ0n) is 5.92. The van der Waals surface area contributed by atoms with E-state index in [2.05, 4.69) is 25.7 Å². The quantitative estimate of drug-likeness (QED) is 0.307. The van der Waals surface area contributed by atoms with Crippen LogP contribution >= 0.6 is 7.51 Å². The first-order valence-corrected chi connectivity index (χ1v) is 7.60. The number of rotatable bonds is 0. The van der Waals surface area contributed by atoms with Crippen molar-refractivity contribution in [2.45, 2.75) is 6.03 Å². The first-order valence-electron chi connectivity index (χ1n) is 2.96. The van der Waals surface area contributed by atoms with Gasteiger partial charge in [0.1, 0.15) is 0 Å². The van der Waals surface area contributed by atoms with E-state index in [1.165, 1.54) is 0 Å². The molecule has 3 fully saturated rings. The molecule has 13 heteroatoms. The van der Waals surface area contributed by atoms with Crippen LogP contribution in [-0.2, 0) is 46.5 Å². The van der Waals surface area contributed by atoms with Crippen LogP contribution in [0.25, 0.3) is 0 Å². The molecule has 0 aliphatic carbocycles. The van der Waals surface area contributed by atoms with Crippen LogP contribution in [-0.4, -0.2) is 22.9 Å². The summed E-state index contributed by atoms with van der Waals surface area (Å²) in [6.45, 7) is 0. The predicted molar refractivity (Wildman–Crippen MR) is 35.1 cm³/mol. The zero-order valence-corrected chi connectivity index (χ0v) is 8.45. The molecule has 3 saturated heterocycles. The van der Waals surface area contributed by atoms with E-state index in [1.54, 1.807) is 0 Å². The van der Waals surface area contributed by atoms with Gasteiger partial charge < -0.3 is 0 Å². The summed E-state index contributed by atoms with van der Waals surface area (Å²) >= 11 is 0. The predicted octanol–water partition coefficient (Wildman–Crippen LogP) is -0.972. The van der Waals surface area contributed by atoms with Crippen molar-refractivity contribution in [1.82, 2.24) is 0 Å². The molecule has 3 heterocycles. The van der Waals surface area contributed by atoms with E-state index in [0.29, 0.717) is 0 Å². The van der Waals surface area contributed by atoms with Crippen molar-refractivity contribution in [3.8, 4) is 0 Å². The zero-order chi connectivity index (χ0) is 10.3. The fourth-order valence-corrected chi connectivity index (χ4v) is 8.06. The summed E-state index contributed by atoms with van der Waals surface area (Å²) in [5.74, 6) is 0. The van der Waals surface area contributed by atoms with Crippen molar-refractivity contribution < 1.29 is 42.5 Å². The molecule has 0 N–H and O–H groups in total. The van der Waals surface area contributed by atoms with Crippen molar-refractivity contribution >= 4 is 28.3 Å². The molecular formula is CHO10PS2. The molecule has 0 amide bonds. The van der Waals surface area contributed by atoms with Crippen LogP contribution in [0.4, 0.5) is 0 Å². The van der Waals surface area contributed by atoms with E-state index >= 15 is 0 Å². The van der Waals surface area contributed by atoms with Crippen LogP contribution in [0.1, 0.15) is 0 Å². The molecule has 14 heavy (non-hydrogen) atoms. The number of hydrogen-bond acceptors (Lipinski definition) is 10. The second-order valence-corrected chi connectivity index (χ2v) is 8.41. The molecule has 0 saturated carbocycles. The van der Waals surface area contributed by atoms with E-state index in [1.807, 2.05) is 0 Å². The van der Waals surface area contributed by atoms with Crippen molar-refractivity contribution in [3.63, 3.8) is 0 Å². The van der Waals surface area contributed by atoms with Crippen LogP contribution in [0.15, 0.2) is 0 Å². The first-order chi connectivity index (χ1) is 6.25. The first kappa shape index (κ1) is 9.33. The van der Waals surface area contributed by atoms with E-state index in [9.17, 15) is 16.8 Å². The molecule has 82 valence electrons. The Hall–Kier alpha value is 0.0900. The summed E-state index contributed by atoms with van der Waals surface area (Å²) in [5.41, 5.74) is 0. The Morgan fingerprint density at radius 3 is 2.07 bits per heavy atom. The molecule has 0 bridgehead atoms. The molecule has 3 rings (SSSR count). The van der Waals surface area contributed by atoms with Crippen LogP contribution in [0, 0.1) is 0 Å². The summed E-state index contributed by atoms with van der Waals surface area (Å²) in [6, 6.07) is -1.40. The molecular weight excluding hydrogens is 267 g/mol. The normalized spacial score (nSPS) is 46.6. The minimum atomic E-state index is -4.53. The van der Waals surface area contributed by atoms with E-state index in [-0.39, 0.29) is 0 Å². The standard InChI is InChI=1S/CHO10PS2/c2-13(3)8-6-1-7-12(1,9-13)10-14(4,5)11-12/h1H. The molecule has 1 atom stereocenters. The average molecular weight is 268 g/mol. The van der Waals surface area contributed by atoms with Gasteiger partial charge in [-0.25, -0.2) is 0 Å². The summed E-state index contributed by atoms with van der Waals surface area (Å²) in [6.07, 6.45) is 0.